The predicted molar refractivity (Wildman–Crippen MR) is 93.7 cm³/mol. The molecule has 2 aliphatic rings. The summed E-state index contributed by atoms with van der Waals surface area (Å²) in [5.41, 5.74) is 4.81. The van der Waals surface area contributed by atoms with Crippen LogP contribution >= 0.6 is 11.6 Å². The van der Waals surface area contributed by atoms with Crippen molar-refractivity contribution in [2.24, 2.45) is 16.6 Å². The van der Waals surface area contributed by atoms with E-state index in [0.29, 0.717) is 17.0 Å². The minimum Gasteiger partial charge on any atom is -0.462 e. The summed E-state index contributed by atoms with van der Waals surface area (Å²) in [5.74, 6) is -1.44. The first-order valence-electron chi connectivity index (χ1n) is 8.30. The maximum atomic E-state index is 14.5. The molecule has 2 aromatic heterocycles. The fourth-order valence-corrected chi connectivity index (χ4v) is 3.55. The summed E-state index contributed by atoms with van der Waals surface area (Å²) < 4.78 is 33.8. The number of aromatic nitrogens is 2. The molecule has 1 aliphatic heterocycles. The third-order valence-corrected chi connectivity index (χ3v) is 5.09. The molecule has 2 aromatic rings. The summed E-state index contributed by atoms with van der Waals surface area (Å²) in [4.78, 5) is 24.2. The summed E-state index contributed by atoms with van der Waals surface area (Å²) in [7, 11) is 0. The molecule has 27 heavy (non-hydrogen) atoms. The van der Waals surface area contributed by atoms with Crippen LogP contribution < -0.4 is 5.73 Å². The molecule has 3 heterocycles. The maximum absolute atomic E-state index is 14.5. The van der Waals surface area contributed by atoms with Gasteiger partial charge in [0.15, 0.2) is 5.78 Å². The van der Waals surface area contributed by atoms with Crippen molar-refractivity contribution in [2.45, 2.75) is 24.5 Å². The Balaban J connectivity index is 1.66. The third-order valence-electron chi connectivity index (χ3n) is 4.87. The summed E-state index contributed by atoms with van der Waals surface area (Å²) in [6.07, 6.45) is 2.80. The van der Waals surface area contributed by atoms with Crippen LogP contribution in [0.5, 0.6) is 0 Å². The molecule has 3 atom stereocenters. The molecular weight excluding hydrogens is 378 g/mol. The summed E-state index contributed by atoms with van der Waals surface area (Å²) >= 11 is 5.77. The molecular formula is C18H15ClF2N4O2. The van der Waals surface area contributed by atoms with Gasteiger partial charge in [-0.1, -0.05) is 11.6 Å². The first-order chi connectivity index (χ1) is 12.9. The van der Waals surface area contributed by atoms with E-state index in [4.69, 9.17) is 22.1 Å². The first kappa shape index (κ1) is 17.8. The highest BCUT2D eigenvalue weighted by atomic mass is 35.5. The predicted octanol–water partition coefficient (Wildman–Crippen LogP) is 2.59. The molecule has 6 nitrogen and oxygen atoms in total. The lowest BCUT2D eigenvalue weighted by Gasteiger charge is -2.31. The van der Waals surface area contributed by atoms with E-state index in [-0.39, 0.29) is 41.5 Å². The largest absolute Gasteiger partial charge is 0.462 e. The second-order valence-corrected chi connectivity index (χ2v) is 7.09. The van der Waals surface area contributed by atoms with Crippen LogP contribution in [0.4, 0.5) is 8.78 Å². The number of nitrogens with two attached hydrogens (primary N) is 1. The quantitative estimate of drug-likeness (QED) is 0.624. The first-order valence-corrected chi connectivity index (χ1v) is 8.68. The zero-order valence-electron chi connectivity index (χ0n) is 14.0. The molecule has 0 spiro atoms. The van der Waals surface area contributed by atoms with Crippen molar-refractivity contribution in [3.63, 3.8) is 0 Å². The van der Waals surface area contributed by atoms with E-state index >= 15 is 0 Å². The monoisotopic (exact) mass is 392 g/mol. The molecule has 1 saturated carbocycles. The lowest BCUT2D eigenvalue weighted by molar-refractivity contribution is 0.0988. The van der Waals surface area contributed by atoms with E-state index in [1.807, 2.05) is 0 Å². The van der Waals surface area contributed by atoms with Gasteiger partial charge < -0.3 is 10.5 Å². The van der Waals surface area contributed by atoms with Gasteiger partial charge in [0.2, 0.25) is 5.95 Å². The number of pyridine rings is 2. The number of hydrogen-bond donors (Lipinski definition) is 1. The van der Waals surface area contributed by atoms with Gasteiger partial charge in [0.05, 0.1) is 5.02 Å². The van der Waals surface area contributed by atoms with Crippen LogP contribution in [0, 0.1) is 11.9 Å². The van der Waals surface area contributed by atoms with Crippen LogP contribution in [0.1, 0.15) is 28.0 Å². The Kier molecular flexibility index (Phi) is 4.30. The number of fused-ring (bicyclic) bond motifs is 1. The number of halogens is 3. The lowest BCUT2D eigenvalue weighted by Crippen LogP contribution is -2.40. The van der Waals surface area contributed by atoms with E-state index in [1.165, 1.54) is 24.5 Å². The summed E-state index contributed by atoms with van der Waals surface area (Å²) in [6.45, 7) is -0.938. The second-order valence-electron chi connectivity index (χ2n) is 6.65. The van der Waals surface area contributed by atoms with Gasteiger partial charge in [-0.05, 0) is 30.2 Å². The van der Waals surface area contributed by atoms with Crippen molar-refractivity contribution in [3.05, 3.63) is 58.4 Å². The number of alkyl halides is 1. The highest BCUT2D eigenvalue weighted by Crippen LogP contribution is 2.53. The van der Waals surface area contributed by atoms with Crippen molar-refractivity contribution < 1.29 is 18.3 Å². The number of hydrogen-bond acceptors (Lipinski definition) is 6. The number of amidine groups is 1. The Hall–Kier alpha value is -2.61. The average molecular weight is 393 g/mol. The Bertz CT molecular complexity index is 937. The number of ketones is 1. The Morgan fingerprint density at radius 1 is 1.37 bits per heavy atom. The average Bonchev–Trinajstić information content (AvgIpc) is 3.43. The van der Waals surface area contributed by atoms with E-state index < -0.39 is 18.2 Å². The molecule has 0 unspecified atom stereocenters. The number of aliphatic imine (C=N–C) groups is 1. The van der Waals surface area contributed by atoms with Crippen molar-refractivity contribution in [1.29, 1.82) is 0 Å². The molecule has 1 aliphatic carbocycles. The van der Waals surface area contributed by atoms with Gasteiger partial charge in [-0.15, -0.1) is 0 Å². The Labute approximate surface area is 158 Å². The van der Waals surface area contributed by atoms with Crippen LogP contribution in [-0.4, -0.2) is 34.6 Å². The van der Waals surface area contributed by atoms with Crippen molar-refractivity contribution in [1.82, 2.24) is 9.97 Å². The highest BCUT2D eigenvalue weighted by molar-refractivity contribution is 6.30. The number of carbonyl (C=O) groups is 1. The normalized spacial score (nSPS) is 26.0. The highest BCUT2D eigenvalue weighted by Gasteiger charge is 2.60. The lowest BCUT2D eigenvalue weighted by atomic mass is 9.85. The van der Waals surface area contributed by atoms with Gasteiger partial charge in [-0.2, -0.15) is 4.39 Å². The van der Waals surface area contributed by atoms with Crippen LogP contribution in [-0.2, 0) is 16.7 Å². The van der Waals surface area contributed by atoms with Crippen LogP contribution in [0.15, 0.2) is 35.6 Å². The van der Waals surface area contributed by atoms with Gasteiger partial charge in [0, 0.05) is 30.3 Å². The SMILES string of the molecule is NC1=N[C@](CF)(c2cc(CC(=O)c3ccc(Cl)cn3)cnc2F)[C@H]2C[C@H]2O1. The molecule has 0 amide bonds. The number of Topliss-reactive ketones (excluding diaryl/α,β-unsaturated/α-hetero) is 1. The van der Waals surface area contributed by atoms with Crippen molar-refractivity contribution in [2.75, 3.05) is 6.67 Å². The standard InChI is InChI=1S/C18H15ClF2N4O2/c19-10-1-2-13(23-7-10)14(26)4-9-3-12(16(21)24-6-9)18(8-20)11-5-15(11)27-17(22)25-18/h1-3,6-7,11,15H,4-5,8H2,(H2,22,25)/t11-,15+,18-/m0/s1. The molecule has 0 radical (unpaired) electrons. The minimum atomic E-state index is -1.47. The molecule has 1 fully saturated rings. The zero-order chi connectivity index (χ0) is 19.2. The van der Waals surface area contributed by atoms with E-state index in [1.54, 1.807) is 6.07 Å². The van der Waals surface area contributed by atoms with Gasteiger partial charge in [-0.25, -0.2) is 14.4 Å². The molecule has 4 rings (SSSR count). The number of ether oxygens (including phenoxy) is 1. The molecule has 2 N–H and O–H groups in total. The van der Waals surface area contributed by atoms with Crippen LogP contribution in [0.25, 0.3) is 0 Å². The molecule has 0 saturated heterocycles. The maximum Gasteiger partial charge on any atom is 0.283 e. The van der Waals surface area contributed by atoms with E-state index in [9.17, 15) is 13.6 Å². The third kappa shape index (κ3) is 3.14. The second kappa shape index (κ2) is 6.53. The molecule has 140 valence electrons. The van der Waals surface area contributed by atoms with Gasteiger partial charge in [0.1, 0.15) is 24.0 Å². The Morgan fingerprint density at radius 3 is 2.89 bits per heavy atom. The van der Waals surface area contributed by atoms with Crippen molar-refractivity contribution >= 4 is 23.4 Å². The summed E-state index contributed by atoms with van der Waals surface area (Å²) in [6, 6.07) is 4.32. The fraction of sp³-hybridized carbons (Fsp3) is 0.333. The molecule has 0 aromatic carbocycles. The fourth-order valence-electron chi connectivity index (χ4n) is 3.43. The van der Waals surface area contributed by atoms with Crippen molar-refractivity contribution in [3.8, 4) is 0 Å². The smallest absolute Gasteiger partial charge is 0.283 e. The number of nitrogens with zero attached hydrogens (tertiary/aromatic N) is 3. The minimum absolute atomic E-state index is 0.0156. The van der Waals surface area contributed by atoms with Crippen LogP contribution in [0.2, 0.25) is 5.02 Å². The van der Waals surface area contributed by atoms with Gasteiger partial charge in [0.25, 0.3) is 6.02 Å². The van der Waals surface area contributed by atoms with Gasteiger partial charge in [-0.3, -0.25) is 9.78 Å². The number of carbonyl (C=O) groups excluding carboxylic acids is 1. The van der Waals surface area contributed by atoms with Crippen LogP contribution in [0.3, 0.4) is 0 Å². The van der Waals surface area contributed by atoms with E-state index in [0.717, 1.165) is 0 Å². The Morgan fingerprint density at radius 2 is 2.19 bits per heavy atom. The molecule has 9 heteroatoms. The number of rotatable bonds is 5. The molecule has 0 bridgehead atoms. The van der Waals surface area contributed by atoms with Gasteiger partial charge >= 0.3 is 0 Å². The topological polar surface area (TPSA) is 90.5 Å². The zero-order valence-corrected chi connectivity index (χ0v) is 14.8. The summed E-state index contributed by atoms with van der Waals surface area (Å²) in [5, 5.41) is 0.413. The van der Waals surface area contributed by atoms with E-state index in [2.05, 4.69) is 15.0 Å².